The zero-order valence-corrected chi connectivity index (χ0v) is 12.2. The van der Waals surface area contributed by atoms with Crippen molar-refractivity contribution in [1.82, 2.24) is 0 Å². The van der Waals surface area contributed by atoms with Gasteiger partial charge in [-0.3, -0.25) is 0 Å². The van der Waals surface area contributed by atoms with Crippen LogP contribution in [0.4, 0.5) is 0 Å². The fourth-order valence-corrected chi connectivity index (χ4v) is 4.55. The number of aryl methyl sites for hydroxylation is 1. The van der Waals surface area contributed by atoms with Gasteiger partial charge in [0.25, 0.3) is 0 Å². The van der Waals surface area contributed by atoms with Gasteiger partial charge in [0, 0.05) is 4.88 Å². The zero-order chi connectivity index (χ0) is 12.6. The molecule has 17 heavy (non-hydrogen) atoms. The first-order valence-electron chi connectivity index (χ1n) is 6.68. The first-order valence-corrected chi connectivity index (χ1v) is 7.56. The van der Waals surface area contributed by atoms with Crippen LogP contribution in [-0.4, -0.2) is 5.11 Å². The van der Waals surface area contributed by atoms with Crippen molar-refractivity contribution in [1.29, 1.82) is 0 Å². The highest BCUT2D eigenvalue weighted by Gasteiger charge is 2.39. The Bertz CT molecular complexity index is 370. The third-order valence-electron chi connectivity index (χ3n) is 4.30. The predicted octanol–water partition coefficient (Wildman–Crippen LogP) is 4.34. The number of aliphatic hydroxyl groups is 1. The maximum atomic E-state index is 10.9. The summed E-state index contributed by atoms with van der Waals surface area (Å²) in [6.07, 6.45) is 3.64. The highest BCUT2D eigenvalue weighted by atomic mass is 32.1. The predicted molar refractivity (Wildman–Crippen MR) is 74.3 cm³/mol. The van der Waals surface area contributed by atoms with E-state index in [9.17, 15) is 5.11 Å². The Kier molecular flexibility index (Phi) is 3.65. The van der Waals surface area contributed by atoms with E-state index < -0.39 is 5.60 Å². The Morgan fingerprint density at radius 3 is 2.29 bits per heavy atom. The van der Waals surface area contributed by atoms with Gasteiger partial charge >= 0.3 is 0 Å². The average Bonchev–Trinajstić information content (AvgIpc) is 2.63. The fourth-order valence-electron chi connectivity index (χ4n) is 3.48. The van der Waals surface area contributed by atoms with Gasteiger partial charge in [0.15, 0.2) is 0 Å². The van der Waals surface area contributed by atoms with Crippen LogP contribution in [0.15, 0.2) is 11.4 Å². The summed E-state index contributed by atoms with van der Waals surface area (Å²) in [5.41, 5.74) is 0.604. The highest BCUT2D eigenvalue weighted by molar-refractivity contribution is 7.10. The van der Waals surface area contributed by atoms with Crippen molar-refractivity contribution in [2.45, 2.75) is 52.6 Å². The molecule has 1 aromatic rings. The number of rotatable bonds is 2. The monoisotopic (exact) mass is 252 g/mol. The maximum absolute atomic E-state index is 10.9. The van der Waals surface area contributed by atoms with Crippen LogP contribution in [0.2, 0.25) is 0 Å². The fraction of sp³-hybridized carbons (Fsp3) is 0.733. The van der Waals surface area contributed by atoms with Crippen LogP contribution < -0.4 is 0 Å². The molecule has 2 rings (SSSR count). The van der Waals surface area contributed by atoms with E-state index in [4.69, 9.17) is 0 Å². The molecule has 3 atom stereocenters. The van der Waals surface area contributed by atoms with Crippen LogP contribution in [0.25, 0.3) is 0 Å². The van der Waals surface area contributed by atoms with Gasteiger partial charge in [-0.1, -0.05) is 13.8 Å². The molecule has 96 valence electrons. The summed E-state index contributed by atoms with van der Waals surface area (Å²) in [4.78, 5) is 1.17. The van der Waals surface area contributed by atoms with E-state index in [1.807, 2.05) is 6.92 Å². The van der Waals surface area contributed by atoms with Crippen molar-refractivity contribution in [3.63, 3.8) is 0 Å². The van der Waals surface area contributed by atoms with Crippen LogP contribution in [0.5, 0.6) is 0 Å². The van der Waals surface area contributed by atoms with Crippen molar-refractivity contribution in [3.05, 3.63) is 21.9 Å². The quantitative estimate of drug-likeness (QED) is 0.830. The average molecular weight is 252 g/mol. The summed E-state index contributed by atoms with van der Waals surface area (Å²) in [5.74, 6) is 1.91. The molecule has 0 bridgehead atoms. The van der Waals surface area contributed by atoms with Gasteiger partial charge in [-0.2, -0.15) is 0 Å². The minimum atomic E-state index is -0.638. The van der Waals surface area contributed by atoms with E-state index in [1.54, 1.807) is 11.3 Å². The zero-order valence-electron chi connectivity index (χ0n) is 11.4. The van der Waals surface area contributed by atoms with Crippen molar-refractivity contribution in [3.8, 4) is 0 Å². The number of hydrogen-bond acceptors (Lipinski definition) is 2. The molecule has 3 unspecified atom stereocenters. The molecule has 1 N–H and O–H groups in total. The first-order chi connectivity index (χ1) is 7.91. The molecule has 1 fully saturated rings. The summed E-state index contributed by atoms with van der Waals surface area (Å²) < 4.78 is 0. The van der Waals surface area contributed by atoms with Gasteiger partial charge in [-0.05, 0) is 67.9 Å². The second-order valence-electron chi connectivity index (χ2n) is 6.19. The molecule has 0 saturated heterocycles. The van der Waals surface area contributed by atoms with Crippen LogP contribution in [-0.2, 0) is 5.60 Å². The molecule has 1 aliphatic rings. The number of hydrogen-bond donors (Lipinski definition) is 1. The summed E-state index contributed by atoms with van der Waals surface area (Å²) in [6, 6.07) is 2.12. The van der Waals surface area contributed by atoms with Gasteiger partial charge < -0.3 is 5.11 Å². The molecule has 1 aromatic heterocycles. The van der Waals surface area contributed by atoms with Crippen LogP contribution in [0.3, 0.4) is 0 Å². The Balaban J connectivity index is 2.23. The third kappa shape index (κ3) is 2.58. The molecule has 1 saturated carbocycles. The van der Waals surface area contributed by atoms with Crippen molar-refractivity contribution in [2.24, 2.45) is 17.8 Å². The van der Waals surface area contributed by atoms with E-state index >= 15 is 0 Å². The molecular weight excluding hydrogens is 228 g/mol. The topological polar surface area (TPSA) is 20.2 Å². The lowest BCUT2D eigenvalue weighted by atomic mass is 9.69. The molecule has 0 spiro atoms. The van der Waals surface area contributed by atoms with Crippen LogP contribution in [0, 0.1) is 24.7 Å². The summed E-state index contributed by atoms with van der Waals surface area (Å²) in [7, 11) is 0. The smallest absolute Gasteiger partial charge is 0.0990 e. The van der Waals surface area contributed by atoms with Gasteiger partial charge in [-0.25, -0.2) is 0 Å². The molecule has 0 amide bonds. The maximum Gasteiger partial charge on any atom is 0.0990 e. The van der Waals surface area contributed by atoms with Crippen LogP contribution >= 0.6 is 11.3 Å². The van der Waals surface area contributed by atoms with E-state index in [0.717, 1.165) is 24.7 Å². The van der Waals surface area contributed by atoms with Crippen molar-refractivity contribution in [2.75, 3.05) is 0 Å². The van der Waals surface area contributed by atoms with E-state index in [2.05, 4.69) is 32.2 Å². The molecule has 0 aliphatic heterocycles. The van der Waals surface area contributed by atoms with E-state index in [0.29, 0.717) is 5.92 Å². The van der Waals surface area contributed by atoms with Crippen LogP contribution in [0.1, 0.15) is 50.5 Å². The van der Waals surface area contributed by atoms with Gasteiger partial charge in [0.1, 0.15) is 0 Å². The molecular formula is C15H24OS. The second-order valence-corrected chi connectivity index (χ2v) is 7.11. The first kappa shape index (κ1) is 13.1. The lowest BCUT2D eigenvalue weighted by molar-refractivity contribution is -0.0362. The van der Waals surface area contributed by atoms with Crippen molar-refractivity contribution < 1.29 is 5.11 Å². The standard InChI is InChI=1S/C15H24OS/c1-10-7-11(2)9-13(8-10)15(4,16)14-12(3)5-6-17-14/h5-6,10-11,13,16H,7-9H2,1-4H3. The molecule has 1 heterocycles. The molecule has 1 nitrogen and oxygen atoms in total. The Morgan fingerprint density at radius 2 is 1.82 bits per heavy atom. The minimum absolute atomic E-state index is 0.415. The lowest BCUT2D eigenvalue weighted by Crippen LogP contribution is -2.36. The Morgan fingerprint density at radius 1 is 1.24 bits per heavy atom. The molecule has 2 heteroatoms. The largest absolute Gasteiger partial charge is 0.384 e. The van der Waals surface area contributed by atoms with E-state index in [1.165, 1.54) is 16.9 Å². The lowest BCUT2D eigenvalue weighted by Gasteiger charge is -2.40. The highest BCUT2D eigenvalue weighted by Crippen LogP contribution is 2.45. The molecule has 0 aromatic carbocycles. The number of thiophene rings is 1. The Hall–Kier alpha value is -0.340. The Labute approximate surface area is 109 Å². The van der Waals surface area contributed by atoms with Gasteiger partial charge in [0.2, 0.25) is 0 Å². The summed E-state index contributed by atoms with van der Waals surface area (Å²) >= 11 is 1.70. The SMILES string of the molecule is Cc1ccsc1C(C)(O)C1CC(C)CC(C)C1. The minimum Gasteiger partial charge on any atom is -0.384 e. The third-order valence-corrected chi connectivity index (χ3v) is 5.54. The second kappa shape index (κ2) is 4.74. The molecule has 1 aliphatic carbocycles. The van der Waals surface area contributed by atoms with Gasteiger partial charge in [0.05, 0.1) is 5.60 Å². The molecule has 0 radical (unpaired) electrons. The summed E-state index contributed by atoms with van der Waals surface area (Å²) in [6.45, 7) is 8.76. The normalized spacial score (nSPS) is 33.4. The summed E-state index contributed by atoms with van der Waals surface area (Å²) in [5, 5.41) is 13.0. The van der Waals surface area contributed by atoms with Crippen molar-refractivity contribution >= 4 is 11.3 Å². The van der Waals surface area contributed by atoms with Gasteiger partial charge in [-0.15, -0.1) is 11.3 Å². The van der Waals surface area contributed by atoms with E-state index in [-0.39, 0.29) is 0 Å².